The van der Waals surface area contributed by atoms with Gasteiger partial charge in [0.15, 0.2) is 0 Å². The molecule has 0 spiro atoms. The molecular formula is C17H17N5OS. The summed E-state index contributed by atoms with van der Waals surface area (Å²) in [5.74, 6) is 1.20. The van der Waals surface area contributed by atoms with Gasteiger partial charge in [0.25, 0.3) is 5.78 Å². The number of hydrogen-bond donors (Lipinski definition) is 1. The summed E-state index contributed by atoms with van der Waals surface area (Å²) in [6.45, 7) is 2.02. The molecule has 3 aromatic rings. The lowest BCUT2D eigenvalue weighted by Gasteiger charge is -2.13. The molecule has 0 saturated heterocycles. The highest BCUT2D eigenvalue weighted by Crippen LogP contribution is 2.42. The zero-order chi connectivity index (χ0) is 16.7. The van der Waals surface area contributed by atoms with E-state index in [4.69, 9.17) is 5.41 Å². The Kier molecular flexibility index (Phi) is 3.72. The molecule has 2 aromatic heterocycles. The lowest BCUT2D eigenvalue weighted by atomic mass is 10.00. The Balaban J connectivity index is 1.74. The van der Waals surface area contributed by atoms with E-state index in [1.54, 1.807) is 6.33 Å². The van der Waals surface area contributed by atoms with Gasteiger partial charge in [-0.25, -0.2) is 13.7 Å². The molecule has 1 aromatic carbocycles. The molecule has 122 valence electrons. The molecule has 1 unspecified atom stereocenters. The van der Waals surface area contributed by atoms with Crippen molar-refractivity contribution in [3.8, 4) is 0 Å². The van der Waals surface area contributed by atoms with Crippen molar-refractivity contribution < 1.29 is 4.21 Å². The molecule has 4 rings (SSSR count). The number of fused-ring (bicyclic) bond motifs is 1. The molecule has 0 radical (unpaired) electrons. The van der Waals surface area contributed by atoms with Crippen molar-refractivity contribution in [2.45, 2.75) is 37.0 Å². The summed E-state index contributed by atoms with van der Waals surface area (Å²) in [6, 6.07) is 7.59. The number of aromatic nitrogens is 4. The van der Waals surface area contributed by atoms with Gasteiger partial charge in [-0.1, -0.05) is 12.1 Å². The molecule has 0 aliphatic heterocycles. The van der Waals surface area contributed by atoms with Crippen LogP contribution in [0.2, 0.25) is 0 Å². The average molecular weight is 339 g/mol. The van der Waals surface area contributed by atoms with Crippen LogP contribution >= 0.6 is 0 Å². The molecule has 7 heteroatoms. The SMILES string of the molecule is Cc1nc2ncnn2c(C2CC2)c1Cc1ccc(S(=O)C=N)cc1. The first-order valence-electron chi connectivity index (χ1n) is 7.86. The van der Waals surface area contributed by atoms with Crippen LogP contribution in [0.1, 0.15) is 41.3 Å². The summed E-state index contributed by atoms with van der Waals surface area (Å²) in [4.78, 5) is 9.45. The molecule has 2 heterocycles. The van der Waals surface area contributed by atoms with Gasteiger partial charge in [0.2, 0.25) is 0 Å². The molecule has 1 fully saturated rings. The van der Waals surface area contributed by atoms with Gasteiger partial charge in [-0.3, -0.25) is 5.41 Å². The first kappa shape index (κ1) is 15.1. The second-order valence-electron chi connectivity index (χ2n) is 6.04. The van der Waals surface area contributed by atoms with Gasteiger partial charge in [0.05, 0.1) is 22.0 Å². The summed E-state index contributed by atoms with van der Waals surface area (Å²) in [6.07, 6.45) is 4.68. The number of benzene rings is 1. The van der Waals surface area contributed by atoms with E-state index in [9.17, 15) is 4.21 Å². The Bertz CT molecular complexity index is 944. The van der Waals surface area contributed by atoms with Gasteiger partial charge in [0.1, 0.15) is 6.33 Å². The lowest BCUT2D eigenvalue weighted by molar-refractivity contribution is 0.690. The fourth-order valence-electron chi connectivity index (χ4n) is 3.02. The Morgan fingerprint density at radius 1 is 1.33 bits per heavy atom. The van der Waals surface area contributed by atoms with E-state index < -0.39 is 10.8 Å². The van der Waals surface area contributed by atoms with Crippen LogP contribution in [0.4, 0.5) is 0 Å². The minimum Gasteiger partial charge on any atom is -0.299 e. The van der Waals surface area contributed by atoms with Gasteiger partial charge in [-0.15, -0.1) is 0 Å². The highest BCUT2D eigenvalue weighted by atomic mass is 32.2. The monoisotopic (exact) mass is 339 g/mol. The van der Waals surface area contributed by atoms with Crippen LogP contribution in [0.25, 0.3) is 5.78 Å². The van der Waals surface area contributed by atoms with Crippen LogP contribution in [0.15, 0.2) is 35.5 Å². The van der Waals surface area contributed by atoms with Crippen LogP contribution < -0.4 is 0 Å². The van der Waals surface area contributed by atoms with E-state index in [-0.39, 0.29) is 0 Å². The molecule has 0 bridgehead atoms. The summed E-state index contributed by atoms with van der Waals surface area (Å²) >= 11 is 0. The summed E-state index contributed by atoms with van der Waals surface area (Å²) in [7, 11) is -1.36. The van der Waals surface area contributed by atoms with E-state index in [1.807, 2.05) is 35.7 Å². The summed E-state index contributed by atoms with van der Waals surface area (Å²) in [5, 5.41) is 11.5. The summed E-state index contributed by atoms with van der Waals surface area (Å²) in [5.41, 5.74) is 5.50. The number of nitrogens with one attached hydrogen (secondary N) is 1. The van der Waals surface area contributed by atoms with Gasteiger partial charge in [-0.05, 0) is 43.0 Å². The van der Waals surface area contributed by atoms with E-state index in [0.29, 0.717) is 16.6 Å². The van der Waals surface area contributed by atoms with Crippen molar-refractivity contribution in [2.24, 2.45) is 0 Å². The van der Waals surface area contributed by atoms with Crippen LogP contribution in [0, 0.1) is 12.3 Å². The fourth-order valence-corrected chi connectivity index (χ4v) is 3.56. The largest absolute Gasteiger partial charge is 0.299 e. The maximum Gasteiger partial charge on any atom is 0.252 e. The van der Waals surface area contributed by atoms with Crippen molar-refractivity contribution >= 4 is 22.1 Å². The number of rotatable bonds is 5. The highest BCUT2D eigenvalue weighted by molar-refractivity contribution is 7.98. The molecule has 1 aliphatic rings. The van der Waals surface area contributed by atoms with E-state index >= 15 is 0 Å². The van der Waals surface area contributed by atoms with Gasteiger partial charge in [-0.2, -0.15) is 10.1 Å². The second-order valence-corrected chi connectivity index (χ2v) is 7.35. The third-order valence-corrected chi connectivity index (χ3v) is 5.33. The van der Waals surface area contributed by atoms with Crippen LogP contribution in [-0.4, -0.2) is 29.3 Å². The number of aryl methyl sites for hydroxylation is 1. The maximum absolute atomic E-state index is 11.6. The van der Waals surface area contributed by atoms with Crippen molar-refractivity contribution in [3.63, 3.8) is 0 Å². The Morgan fingerprint density at radius 3 is 2.75 bits per heavy atom. The average Bonchev–Trinajstić information content (AvgIpc) is 3.33. The molecule has 6 nitrogen and oxygen atoms in total. The first-order valence-corrected chi connectivity index (χ1v) is 9.08. The van der Waals surface area contributed by atoms with Crippen molar-refractivity contribution in [2.75, 3.05) is 0 Å². The summed E-state index contributed by atoms with van der Waals surface area (Å²) < 4.78 is 13.5. The standard InChI is InChI=1S/C17H17N5OS/c1-11-15(8-12-2-6-14(7-3-12)24(23)9-18)16(13-4-5-13)22-17(21-11)19-10-20-22/h2-3,6-7,9-10,13,18H,4-5,8H2,1H3. The molecule has 1 aliphatic carbocycles. The Labute approximate surface area is 141 Å². The third-order valence-electron chi connectivity index (χ3n) is 4.38. The quantitative estimate of drug-likeness (QED) is 0.572. The zero-order valence-electron chi connectivity index (χ0n) is 13.3. The van der Waals surface area contributed by atoms with Crippen molar-refractivity contribution in [1.82, 2.24) is 19.6 Å². The van der Waals surface area contributed by atoms with Gasteiger partial charge >= 0.3 is 0 Å². The fraction of sp³-hybridized carbons (Fsp3) is 0.294. The van der Waals surface area contributed by atoms with Crippen LogP contribution in [0.3, 0.4) is 0 Å². The molecule has 0 amide bonds. The lowest BCUT2D eigenvalue weighted by Crippen LogP contribution is -2.09. The third kappa shape index (κ3) is 2.65. The highest BCUT2D eigenvalue weighted by Gasteiger charge is 2.30. The molecule has 1 atom stereocenters. The molecule has 1 N–H and O–H groups in total. The molecule has 24 heavy (non-hydrogen) atoms. The minimum atomic E-state index is -1.36. The smallest absolute Gasteiger partial charge is 0.252 e. The Hall–Kier alpha value is -2.41. The van der Waals surface area contributed by atoms with Crippen molar-refractivity contribution in [3.05, 3.63) is 53.1 Å². The predicted octanol–water partition coefficient (Wildman–Crippen LogP) is 2.62. The Morgan fingerprint density at radius 2 is 2.08 bits per heavy atom. The van der Waals surface area contributed by atoms with E-state index in [1.165, 1.54) is 24.1 Å². The molecular weight excluding hydrogens is 322 g/mol. The minimum absolute atomic E-state index is 0.538. The zero-order valence-corrected chi connectivity index (χ0v) is 14.1. The van der Waals surface area contributed by atoms with Crippen LogP contribution in [-0.2, 0) is 17.2 Å². The second kappa shape index (κ2) is 5.90. The van der Waals surface area contributed by atoms with Crippen molar-refractivity contribution in [1.29, 1.82) is 5.41 Å². The van der Waals surface area contributed by atoms with Crippen LogP contribution in [0.5, 0.6) is 0 Å². The van der Waals surface area contributed by atoms with Gasteiger partial charge in [0, 0.05) is 22.9 Å². The molecule has 1 saturated carbocycles. The normalized spacial score (nSPS) is 15.5. The van der Waals surface area contributed by atoms with Gasteiger partial charge < -0.3 is 0 Å². The maximum atomic E-state index is 11.6. The topological polar surface area (TPSA) is 84.0 Å². The van der Waals surface area contributed by atoms with E-state index in [2.05, 4.69) is 15.1 Å². The predicted molar refractivity (Wildman–Crippen MR) is 91.9 cm³/mol. The first-order chi connectivity index (χ1) is 11.7. The number of nitrogens with zero attached hydrogens (tertiary/aromatic N) is 4. The number of hydrogen-bond acceptors (Lipinski definition) is 5. The van der Waals surface area contributed by atoms with E-state index in [0.717, 1.165) is 23.2 Å².